The van der Waals surface area contributed by atoms with Gasteiger partial charge in [-0.3, -0.25) is 9.69 Å². The van der Waals surface area contributed by atoms with E-state index in [2.05, 4.69) is 9.97 Å². The van der Waals surface area contributed by atoms with Gasteiger partial charge in [0.1, 0.15) is 12.5 Å². The van der Waals surface area contributed by atoms with Gasteiger partial charge in [0.05, 0.1) is 35.3 Å². The van der Waals surface area contributed by atoms with Gasteiger partial charge in [0, 0.05) is 17.8 Å². The second kappa shape index (κ2) is 7.98. The largest absolute Gasteiger partial charge is 0.481 e. The SMILES string of the molecule is COc1ccc(N2CN(c3ccc(F)c(F)c3C)c3ncc(C(F)(F)F)cc3C2=O)c(C)n1. The van der Waals surface area contributed by atoms with Crippen molar-refractivity contribution < 1.29 is 31.5 Å². The molecule has 1 aliphatic heterocycles. The number of carbonyl (C=O) groups excluding carboxylic acids is 1. The summed E-state index contributed by atoms with van der Waals surface area (Å²) < 4.78 is 73.1. The van der Waals surface area contributed by atoms with E-state index < -0.39 is 29.3 Å². The minimum Gasteiger partial charge on any atom is -0.481 e. The number of nitrogens with zero attached hydrogens (tertiary/aromatic N) is 4. The van der Waals surface area contributed by atoms with Gasteiger partial charge in [0.25, 0.3) is 5.91 Å². The van der Waals surface area contributed by atoms with Crippen molar-refractivity contribution in [2.75, 3.05) is 23.6 Å². The highest BCUT2D eigenvalue weighted by Gasteiger charge is 2.38. The Morgan fingerprint density at radius 2 is 1.73 bits per heavy atom. The fraction of sp³-hybridized carbons (Fsp3) is 0.227. The van der Waals surface area contributed by atoms with Gasteiger partial charge in [-0.1, -0.05) is 0 Å². The number of ether oxygens (including phenoxy) is 1. The first kappa shape index (κ1) is 22.4. The van der Waals surface area contributed by atoms with Crippen molar-refractivity contribution in [1.29, 1.82) is 0 Å². The molecule has 3 aromatic rings. The Morgan fingerprint density at radius 1 is 1.03 bits per heavy atom. The normalized spacial score (nSPS) is 13.9. The molecule has 1 aliphatic rings. The predicted octanol–water partition coefficient (Wildman–Crippen LogP) is 5.16. The molecule has 6 nitrogen and oxygen atoms in total. The van der Waals surface area contributed by atoms with Gasteiger partial charge in [-0.05, 0) is 38.1 Å². The molecule has 0 atom stereocenters. The summed E-state index contributed by atoms with van der Waals surface area (Å²) >= 11 is 0. The van der Waals surface area contributed by atoms with Crippen LogP contribution in [0.4, 0.5) is 39.1 Å². The fourth-order valence-electron chi connectivity index (χ4n) is 3.64. The number of alkyl halides is 3. The van der Waals surface area contributed by atoms with Crippen LogP contribution < -0.4 is 14.5 Å². The molecule has 0 fully saturated rings. The predicted molar refractivity (Wildman–Crippen MR) is 110 cm³/mol. The Hall–Kier alpha value is -3.76. The molecule has 0 aliphatic carbocycles. The molecule has 0 saturated heterocycles. The van der Waals surface area contributed by atoms with E-state index >= 15 is 0 Å². The van der Waals surface area contributed by atoms with Crippen LogP contribution in [0.15, 0.2) is 36.5 Å². The van der Waals surface area contributed by atoms with Gasteiger partial charge in [-0.2, -0.15) is 13.2 Å². The van der Waals surface area contributed by atoms with Crippen molar-refractivity contribution in [2.24, 2.45) is 0 Å². The van der Waals surface area contributed by atoms with Crippen LogP contribution in [0, 0.1) is 25.5 Å². The number of halogens is 5. The van der Waals surface area contributed by atoms with E-state index in [1.54, 1.807) is 13.0 Å². The number of carbonyl (C=O) groups is 1. The van der Waals surface area contributed by atoms with Gasteiger partial charge in [0.15, 0.2) is 11.6 Å². The van der Waals surface area contributed by atoms with E-state index in [-0.39, 0.29) is 35.2 Å². The van der Waals surface area contributed by atoms with Crippen LogP contribution >= 0.6 is 0 Å². The monoisotopic (exact) mass is 464 g/mol. The van der Waals surface area contributed by atoms with E-state index in [4.69, 9.17) is 4.74 Å². The Kier molecular flexibility index (Phi) is 5.43. The molecule has 1 aromatic carbocycles. The molecule has 1 amide bonds. The molecule has 0 saturated carbocycles. The van der Waals surface area contributed by atoms with Crippen molar-refractivity contribution in [1.82, 2.24) is 9.97 Å². The highest BCUT2D eigenvalue weighted by Crippen LogP contribution is 2.39. The Morgan fingerprint density at radius 3 is 2.36 bits per heavy atom. The third kappa shape index (κ3) is 3.83. The molecular weight excluding hydrogens is 447 g/mol. The number of benzene rings is 1. The molecule has 0 unspecified atom stereocenters. The molecule has 11 heteroatoms. The molecular formula is C22H17F5N4O2. The van der Waals surface area contributed by atoms with Crippen LogP contribution in [0.2, 0.25) is 0 Å². The van der Waals surface area contributed by atoms with E-state index in [1.807, 2.05) is 0 Å². The van der Waals surface area contributed by atoms with Crippen molar-refractivity contribution in [2.45, 2.75) is 20.0 Å². The third-order valence-electron chi connectivity index (χ3n) is 5.34. The number of methoxy groups -OCH3 is 1. The van der Waals surface area contributed by atoms with Crippen LogP contribution in [-0.2, 0) is 6.18 Å². The van der Waals surface area contributed by atoms with Gasteiger partial charge in [0.2, 0.25) is 5.88 Å². The van der Waals surface area contributed by atoms with E-state index in [9.17, 15) is 26.7 Å². The number of aromatic nitrogens is 2. The third-order valence-corrected chi connectivity index (χ3v) is 5.34. The van der Waals surface area contributed by atoms with Gasteiger partial charge < -0.3 is 9.64 Å². The Labute approximate surface area is 185 Å². The smallest absolute Gasteiger partial charge is 0.417 e. The lowest BCUT2D eigenvalue weighted by atomic mass is 10.1. The van der Waals surface area contributed by atoms with Crippen molar-refractivity contribution in [3.8, 4) is 5.88 Å². The first-order valence-corrected chi connectivity index (χ1v) is 9.65. The summed E-state index contributed by atoms with van der Waals surface area (Å²) in [5.41, 5.74) is -0.680. The number of hydrogen-bond acceptors (Lipinski definition) is 5. The highest BCUT2D eigenvalue weighted by atomic mass is 19.4. The standard InChI is InChI=1S/C22H17F5N4O2/c1-11-16(5-4-15(23)19(11)24)30-10-31(17-6-7-18(33-3)29-12(17)2)21(32)14-8-13(22(25,26)27)9-28-20(14)30/h4-9H,10H2,1-3H3. The van der Waals surface area contributed by atoms with E-state index in [0.717, 1.165) is 6.07 Å². The maximum atomic E-state index is 14.3. The summed E-state index contributed by atoms with van der Waals surface area (Å²) in [6.45, 7) is 2.72. The first-order chi connectivity index (χ1) is 15.5. The quantitative estimate of drug-likeness (QED) is 0.502. The summed E-state index contributed by atoms with van der Waals surface area (Å²) in [7, 11) is 1.42. The number of fused-ring (bicyclic) bond motifs is 1. The highest BCUT2D eigenvalue weighted by molar-refractivity contribution is 6.12. The van der Waals surface area contributed by atoms with Crippen molar-refractivity contribution in [3.63, 3.8) is 0 Å². The van der Waals surface area contributed by atoms with Crippen molar-refractivity contribution in [3.05, 3.63) is 70.5 Å². The minimum absolute atomic E-state index is 0.0819. The van der Waals surface area contributed by atoms with E-state index in [0.29, 0.717) is 23.6 Å². The lowest BCUT2D eigenvalue weighted by Gasteiger charge is -2.38. The minimum atomic E-state index is -4.73. The molecule has 2 aromatic heterocycles. The molecule has 4 rings (SSSR count). The zero-order valence-electron chi connectivity index (χ0n) is 17.7. The second-order valence-corrected chi connectivity index (χ2v) is 7.36. The van der Waals surface area contributed by atoms with Gasteiger partial charge in [-0.25, -0.2) is 18.7 Å². The van der Waals surface area contributed by atoms with Gasteiger partial charge >= 0.3 is 6.18 Å². The number of rotatable bonds is 3. The molecule has 0 radical (unpaired) electrons. The summed E-state index contributed by atoms with van der Waals surface area (Å²) in [4.78, 5) is 23.9. The van der Waals surface area contributed by atoms with Crippen LogP contribution in [0.25, 0.3) is 0 Å². The lowest BCUT2D eigenvalue weighted by molar-refractivity contribution is -0.137. The molecule has 0 spiro atoms. The van der Waals surface area contributed by atoms with E-state index in [1.165, 1.54) is 36.0 Å². The number of aryl methyl sites for hydroxylation is 1. The Balaban J connectivity index is 1.92. The number of anilines is 3. The van der Waals surface area contributed by atoms with Crippen molar-refractivity contribution >= 4 is 23.1 Å². The summed E-state index contributed by atoms with van der Waals surface area (Å²) in [5.74, 6) is -2.73. The molecule has 3 heterocycles. The van der Waals surface area contributed by atoms with Crippen LogP contribution in [-0.4, -0.2) is 29.7 Å². The molecule has 0 bridgehead atoms. The summed E-state index contributed by atoms with van der Waals surface area (Å²) in [6, 6.07) is 5.93. The number of pyridine rings is 2. The van der Waals surface area contributed by atoms with Crippen LogP contribution in [0.3, 0.4) is 0 Å². The maximum Gasteiger partial charge on any atom is 0.417 e. The first-order valence-electron chi connectivity index (χ1n) is 9.65. The fourth-order valence-corrected chi connectivity index (χ4v) is 3.64. The average molecular weight is 464 g/mol. The zero-order chi connectivity index (χ0) is 24.1. The maximum absolute atomic E-state index is 14.3. The van der Waals surface area contributed by atoms with Crippen LogP contribution in [0.5, 0.6) is 5.88 Å². The summed E-state index contributed by atoms with van der Waals surface area (Å²) in [5, 5.41) is 0. The average Bonchev–Trinajstić information content (AvgIpc) is 2.78. The summed E-state index contributed by atoms with van der Waals surface area (Å²) in [6.07, 6.45) is -4.13. The molecule has 33 heavy (non-hydrogen) atoms. The Bertz CT molecular complexity index is 1260. The molecule has 172 valence electrons. The van der Waals surface area contributed by atoms with Crippen LogP contribution in [0.1, 0.15) is 27.2 Å². The lowest BCUT2D eigenvalue weighted by Crippen LogP contribution is -2.46. The topological polar surface area (TPSA) is 58.6 Å². The number of hydrogen-bond donors (Lipinski definition) is 0. The van der Waals surface area contributed by atoms with Gasteiger partial charge in [-0.15, -0.1) is 0 Å². The number of amides is 1. The second-order valence-electron chi connectivity index (χ2n) is 7.36. The zero-order valence-corrected chi connectivity index (χ0v) is 17.7. The molecule has 0 N–H and O–H groups in total.